The molecule has 0 radical (unpaired) electrons. The average Bonchev–Trinajstić information content (AvgIpc) is 2.93. The van der Waals surface area contributed by atoms with Crippen LogP contribution in [0.15, 0.2) is 30.3 Å². The van der Waals surface area contributed by atoms with E-state index in [2.05, 4.69) is 11.2 Å². The number of rotatable bonds is 5. The third kappa shape index (κ3) is 4.38. The van der Waals surface area contributed by atoms with Crippen LogP contribution in [0.25, 0.3) is 0 Å². The molecule has 0 aliphatic carbocycles. The van der Waals surface area contributed by atoms with Gasteiger partial charge in [0.1, 0.15) is 11.6 Å². The molecule has 0 N–H and O–H groups in total. The van der Waals surface area contributed by atoms with E-state index in [0.717, 1.165) is 30.8 Å². The summed E-state index contributed by atoms with van der Waals surface area (Å²) in [7, 11) is 0. The molecule has 2 aromatic rings. The van der Waals surface area contributed by atoms with E-state index < -0.39 is 0 Å². The standard InChI is InChI=1S/C19H24FN3O2/c1-14-11-15(2)23(21-14)17-6-4-9-22(13-17)19(24)8-10-25-18-7-3-5-16(20)12-18/h3,5,7,11-12,17H,4,6,8-10,13H2,1-2H3. The summed E-state index contributed by atoms with van der Waals surface area (Å²) in [5, 5.41) is 4.56. The molecular weight excluding hydrogens is 321 g/mol. The maximum absolute atomic E-state index is 13.1. The second-order valence-corrected chi connectivity index (χ2v) is 6.56. The van der Waals surface area contributed by atoms with E-state index in [-0.39, 0.29) is 24.4 Å². The fourth-order valence-electron chi connectivity index (χ4n) is 3.37. The minimum atomic E-state index is -0.340. The van der Waals surface area contributed by atoms with Gasteiger partial charge in [-0.3, -0.25) is 9.48 Å². The highest BCUT2D eigenvalue weighted by Gasteiger charge is 2.26. The minimum Gasteiger partial charge on any atom is -0.493 e. The highest BCUT2D eigenvalue weighted by atomic mass is 19.1. The van der Waals surface area contributed by atoms with Crippen LogP contribution in [0, 0.1) is 19.7 Å². The molecular formula is C19H24FN3O2. The fourth-order valence-corrected chi connectivity index (χ4v) is 3.37. The van der Waals surface area contributed by atoms with E-state index in [1.165, 1.54) is 12.1 Å². The van der Waals surface area contributed by atoms with Crippen LogP contribution in [0.4, 0.5) is 4.39 Å². The lowest BCUT2D eigenvalue weighted by Gasteiger charge is -2.33. The third-order valence-electron chi connectivity index (χ3n) is 4.52. The van der Waals surface area contributed by atoms with Crippen molar-refractivity contribution in [3.8, 4) is 5.75 Å². The molecule has 0 spiro atoms. The van der Waals surface area contributed by atoms with Crippen molar-refractivity contribution < 1.29 is 13.9 Å². The summed E-state index contributed by atoms with van der Waals surface area (Å²) in [4.78, 5) is 14.4. The quantitative estimate of drug-likeness (QED) is 0.836. The summed E-state index contributed by atoms with van der Waals surface area (Å²) in [5.74, 6) is 0.183. The largest absolute Gasteiger partial charge is 0.493 e. The Morgan fingerprint density at radius 2 is 2.20 bits per heavy atom. The van der Waals surface area contributed by atoms with Gasteiger partial charge in [0.2, 0.25) is 5.91 Å². The van der Waals surface area contributed by atoms with Crippen LogP contribution in [-0.2, 0) is 4.79 Å². The molecule has 1 unspecified atom stereocenters. The molecule has 0 saturated carbocycles. The van der Waals surface area contributed by atoms with Crippen LogP contribution in [0.1, 0.15) is 36.7 Å². The van der Waals surface area contributed by atoms with Gasteiger partial charge in [0.15, 0.2) is 0 Å². The SMILES string of the molecule is Cc1cc(C)n(C2CCCN(C(=O)CCOc3cccc(F)c3)C2)n1. The van der Waals surface area contributed by atoms with Crippen LogP contribution in [0.5, 0.6) is 5.75 Å². The Hall–Kier alpha value is -2.37. The number of nitrogens with zero attached hydrogens (tertiary/aromatic N) is 3. The molecule has 1 fully saturated rings. The number of hydrogen-bond acceptors (Lipinski definition) is 3. The molecule has 2 heterocycles. The summed E-state index contributed by atoms with van der Waals surface area (Å²) < 4.78 is 20.6. The lowest BCUT2D eigenvalue weighted by atomic mass is 10.1. The number of aromatic nitrogens is 2. The molecule has 6 heteroatoms. The zero-order valence-electron chi connectivity index (χ0n) is 14.7. The van der Waals surface area contributed by atoms with Gasteiger partial charge < -0.3 is 9.64 Å². The molecule has 1 aliphatic heterocycles. The zero-order valence-corrected chi connectivity index (χ0v) is 14.7. The highest BCUT2D eigenvalue weighted by molar-refractivity contribution is 5.76. The second-order valence-electron chi connectivity index (χ2n) is 6.56. The van der Waals surface area contributed by atoms with E-state index in [1.807, 2.05) is 23.4 Å². The van der Waals surface area contributed by atoms with Crippen molar-refractivity contribution in [3.05, 3.63) is 47.5 Å². The van der Waals surface area contributed by atoms with Gasteiger partial charge in [-0.2, -0.15) is 5.10 Å². The normalized spacial score (nSPS) is 17.6. The predicted octanol–water partition coefficient (Wildman–Crippen LogP) is 3.27. The Balaban J connectivity index is 1.52. The monoisotopic (exact) mass is 345 g/mol. The van der Waals surface area contributed by atoms with Gasteiger partial charge >= 0.3 is 0 Å². The summed E-state index contributed by atoms with van der Waals surface area (Å²) >= 11 is 0. The van der Waals surface area contributed by atoms with Crippen molar-refractivity contribution in [2.75, 3.05) is 19.7 Å². The summed E-state index contributed by atoms with van der Waals surface area (Å²) in [6.07, 6.45) is 2.30. The van der Waals surface area contributed by atoms with Crippen molar-refractivity contribution in [1.82, 2.24) is 14.7 Å². The van der Waals surface area contributed by atoms with Gasteiger partial charge in [0, 0.05) is 24.8 Å². The lowest BCUT2D eigenvalue weighted by molar-refractivity contribution is -0.133. The minimum absolute atomic E-state index is 0.0719. The molecule has 1 aromatic carbocycles. The van der Waals surface area contributed by atoms with Crippen molar-refractivity contribution in [2.24, 2.45) is 0 Å². The summed E-state index contributed by atoms with van der Waals surface area (Å²) in [5.41, 5.74) is 2.13. The van der Waals surface area contributed by atoms with Crippen LogP contribution in [0.2, 0.25) is 0 Å². The van der Waals surface area contributed by atoms with Gasteiger partial charge in [0.05, 0.1) is 24.8 Å². The van der Waals surface area contributed by atoms with E-state index in [0.29, 0.717) is 18.7 Å². The first-order valence-corrected chi connectivity index (χ1v) is 8.72. The predicted molar refractivity (Wildman–Crippen MR) is 93.1 cm³/mol. The molecule has 134 valence electrons. The maximum Gasteiger partial charge on any atom is 0.226 e. The highest BCUT2D eigenvalue weighted by Crippen LogP contribution is 2.23. The fraction of sp³-hybridized carbons (Fsp3) is 0.474. The number of carbonyl (C=O) groups is 1. The molecule has 0 bridgehead atoms. The average molecular weight is 345 g/mol. The number of hydrogen-bond donors (Lipinski definition) is 0. The maximum atomic E-state index is 13.1. The number of piperidine rings is 1. The Labute approximate surface area is 147 Å². The first-order valence-electron chi connectivity index (χ1n) is 8.72. The van der Waals surface area contributed by atoms with Crippen molar-refractivity contribution >= 4 is 5.91 Å². The number of likely N-dealkylation sites (tertiary alicyclic amines) is 1. The number of halogens is 1. The third-order valence-corrected chi connectivity index (χ3v) is 4.52. The molecule has 3 rings (SSSR count). The number of amides is 1. The van der Waals surface area contributed by atoms with Crippen molar-refractivity contribution in [2.45, 2.75) is 39.2 Å². The topological polar surface area (TPSA) is 47.4 Å². The Morgan fingerprint density at radius 3 is 2.92 bits per heavy atom. The second kappa shape index (κ2) is 7.68. The van der Waals surface area contributed by atoms with Crippen LogP contribution in [0.3, 0.4) is 0 Å². The molecule has 1 amide bonds. The molecule has 1 saturated heterocycles. The van der Waals surface area contributed by atoms with Crippen LogP contribution >= 0.6 is 0 Å². The Morgan fingerprint density at radius 1 is 1.36 bits per heavy atom. The molecule has 1 atom stereocenters. The van der Waals surface area contributed by atoms with E-state index >= 15 is 0 Å². The van der Waals surface area contributed by atoms with E-state index in [1.54, 1.807) is 12.1 Å². The number of carbonyl (C=O) groups excluding carboxylic acids is 1. The molecule has 5 nitrogen and oxygen atoms in total. The van der Waals surface area contributed by atoms with Crippen molar-refractivity contribution in [1.29, 1.82) is 0 Å². The van der Waals surface area contributed by atoms with E-state index in [9.17, 15) is 9.18 Å². The summed E-state index contributed by atoms with van der Waals surface area (Å²) in [6.45, 7) is 5.74. The van der Waals surface area contributed by atoms with Gasteiger partial charge in [-0.15, -0.1) is 0 Å². The molecule has 1 aromatic heterocycles. The zero-order chi connectivity index (χ0) is 17.8. The Kier molecular flexibility index (Phi) is 5.36. The Bertz CT molecular complexity index is 744. The van der Waals surface area contributed by atoms with Crippen LogP contribution < -0.4 is 4.74 Å². The van der Waals surface area contributed by atoms with Gasteiger partial charge in [0.25, 0.3) is 0 Å². The van der Waals surface area contributed by atoms with Crippen LogP contribution in [-0.4, -0.2) is 40.3 Å². The molecule has 25 heavy (non-hydrogen) atoms. The van der Waals surface area contributed by atoms with E-state index in [4.69, 9.17) is 4.74 Å². The first-order chi connectivity index (χ1) is 12.0. The number of ether oxygens (including phenoxy) is 1. The smallest absolute Gasteiger partial charge is 0.226 e. The van der Waals surface area contributed by atoms with Gasteiger partial charge in [-0.1, -0.05) is 6.07 Å². The molecule has 1 aliphatic rings. The van der Waals surface area contributed by atoms with Gasteiger partial charge in [-0.05, 0) is 44.9 Å². The van der Waals surface area contributed by atoms with Gasteiger partial charge in [-0.25, -0.2) is 4.39 Å². The lowest BCUT2D eigenvalue weighted by Crippen LogP contribution is -2.41. The number of benzene rings is 1. The first kappa shape index (κ1) is 17.5. The van der Waals surface area contributed by atoms with Crippen molar-refractivity contribution in [3.63, 3.8) is 0 Å². The number of aryl methyl sites for hydroxylation is 2. The summed E-state index contributed by atoms with van der Waals surface area (Å²) in [6, 6.07) is 8.27.